The number of thiophene rings is 1. The minimum atomic E-state index is -3.82. The number of halogens is 1. The van der Waals surface area contributed by atoms with Gasteiger partial charge in [-0.25, -0.2) is 8.42 Å². The number of benzene rings is 1. The average molecular weight is 454 g/mol. The summed E-state index contributed by atoms with van der Waals surface area (Å²) < 4.78 is 31.3. The molecule has 0 saturated carbocycles. The zero-order valence-electron chi connectivity index (χ0n) is 15.1. The Balaban J connectivity index is 1.62. The quantitative estimate of drug-likeness (QED) is 0.569. The first kappa shape index (κ1) is 21.1. The molecule has 0 unspecified atom stereocenters. The number of hydrogen-bond donors (Lipinski definition) is 2. The van der Waals surface area contributed by atoms with Crippen LogP contribution in [0.25, 0.3) is 0 Å². The topological polar surface area (TPSA) is 109 Å². The maximum Gasteiger partial charge on any atom is 0.291 e. The smallest absolute Gasteiger partial charge is 0.291 e. The van der Waals surface area contributed by atoms with Crippen LogP contribution in [0.5, 0.6) is 0 Å². The number of sulfonamides is 1. The average Bonchev–Trinajstić information content (AvgIpc) is 3.33. The molecule has 8 nitrogen and oxygen atoms in total. The molecule has 2 heterocycles. The van der Waals surface area contributed by atoms with Crippen molar-refractivity contribution in [2.24, 2.45) is 0 Å². The lowest BCUT2D eigenvalue weighted by Gasteiger charge is -2.16. The van der Waals surface area contributed by atoms with Crippen molar-refractivity contribution in [1.29, 1.82) is 0 Å². The molecule has 1 aromatic carbocycles. The fourth-order valence-electron chi connectivity index (χ4n) is 2.35. The van der Waals surface area contributed by atoms with Crippen molar-refractivity contribution in [1.82, 2.24) is 4.31 Å². The molecule has 152 valence electrons. The Bertz CT molecular complexity index is 1130. The summed E-state index contributed by atoms with van der Waals surface area (Å²) in [5.41, 5.74) is 0.843. The van der Waals surface area contributed by atoms with Crippen molar-refractivity contribution in [2.45, 2.75) is 4.21 Å². The minimum absolute atomic E-state index is 0.0560. The zero-order valence-corrected chi connectivity index (χ0v) is 17.5. The van der Waals surface area contributed by atoms with Gasteiger partial charge in [-0.2, -0.15) is 4.31 Å². The van der Waals surface area contributed by atoms with Crippen LogP contribution in [0, 0.1) is 0 Å². The summed E-state index contributed by atoms with van der Waals surface area (Å²) in [5, 5.41) is 5.25. The normalized spacial score (nSPS) is 11.4. The van der Waals surface area contributed by atoms with E-state index in [0.717, 1.165) is 15.6 Å². The van der Waals surface area contributed by atoms with Crippen LogP contribution < -0.4 is 10.6 Å². The lowest BCUT2D eigenvalue weighted by molar-refractivity contribution is -0.116. The number of likely N-dealkylation sites (N-methyl/N-ethyl adjacent to an activating group) is 1. The van der Waals surface area contributed by atoms with Crippen LogP contribution >= 0.6 is 22.9 Å². The van der Waals surface area contributed by atoms with Crippen LogP contribution in [0.4, 0.5) is 11.4 Å². The second kappa shape index (κ2) is 8.78. The number of rotatable bonds is 7. The Morgan fingerprint density at radius 1 is 1.10 bits per heavy atom. The van der Waals surface area contributed by atoms with Crippen LogP contribution in [0.2, 0.25) is 4.34 Å². The molecular formula is C18H16ClN3O5S2. The van der Waals surface area contributed by atoms with E-state index >= 15 is 0 Å². The molecule has 2 N–H and O–H groups in total. The lowest BCUT2D eigenvalue weighted by atomic mass is 10.2. The van der Waals surface area contributed by atoms with E-state index in [2.05, 4.69) is 10.6 Å². The van der Waals surface area contributed by atoms with Gasteiger partial charge in [-0.15, -0.1) is 11.3 Å². The summed E-state index contributed by atoms with van der Waals surface area (Å²) in [7, 11) is -2.51. The van der Waals surface area contributed by atoms with Gasteiger partial charge in [0.15, 0.2) is 5.76 Å². The Morgan fingerprint density at radius 2 is 1.83 bits per heavy atom. The van der Waals surface area contributed by atoms with E-state index < -0.39 is 21.8 Å². The molecular weight excluding hydrogens is 438 g/mol. The Hall–Kier alpha value is -2.66. The van der Waals surface area contributed by atoms with E-state index in [1.807, 2.05) is 0 Å². The van der Waals surface area contributed by atoms with E-state index in [0.29, 0.717) is 15.7 Å². The fourth-order valence-corrected chi connectivity index (χ4v) is 5.17. The Kier molecular flexibility index (Phi) is 6.38. The molecule has 11 heteroatoms. The van der Waals surface area contributed by atoms with Crippen molar-refractivity contribution in [3.05, 3.63) is 64.9 Å². The van der Waals surface area contributed by atoms with Gasteiger partial charge in [-0.1, -0.05) is 17.7 Å². The third-order valence-electron chi connectivity index (χ3n) is 3.73. The van der Waals surface area contributed by atoms with Gasteiger partial charge < -0.3 is 15.1 Å². The predicted molar refractivity (Wildman–Crippen MR) is 111 cm³/mol. The molecule has 0 aliphatic carbocycles. The van der Waals surface area contributed by atoms with E-state index in [1.54, 1.807) is 30.3 Å². The Labute approximate surface area is 176 Å². The molecule has 0 aliphatic rings. The van der Waals surface area contributed by atoms with Crippen LogP contribution in [-0.2, 0) is 14.8 Å². The highest BCUT2D eigenvalue weighted by atomic mass is 35.5. The third kappa shape index (κ3) is 5.24. The largest absolute Gasteiger partial charge is 0.459 e. The van der Waals surface area contributed by atoms with Crippen molar-refractivity contribution < 1.29 is 22.4 Å². The van der Waals surface area contributed by atoms with Gasteiger partial charge in [0.2, 0.25) is 5.91 Å². The highest BCUT2D eigenvalue weighted by Crippen LogP contribution is 2.27. The maximum atomic E-state index is 12.5. The van der Waals surface area contributed by atoms with Gasteiger partial charge >= 0.3 is 0 Å². The summed E-state index contributed by atoms with van der Waals surface area (Å²) in [6.45, 7) is -0.388. The number of anilines is 2. The van der Waals surface area contributed by atoms with Crippen LogP contribution in [0.3, 0.4) is 0 Å². The van der Waals surface area contributed by atoms with Crippen molar-refractivity contribution >= 4 is 56.2 Å². The standard InChI is InChI=1S/C18H16ClN3O5S2/c1-22(29(25,26)17-8-7-15(19)28-17)11-16(23)20-12-4-2-5-13(10-12)21-18(24)14-6-3-9-27-14/h2-10H,11H2,1H3,(H,20,23)(H,21,24). The molecule has 0 radical (unpaired) electrons. The predicted octanol–water partition coefficient (Wildman–Crippen LogP) is 3.51. The highest BCUT2D eigenvalue weighted by molar-refractivity contribution is 7.91. The molecule has 0 fully saturated rings. The highest BCUT2D eigenvalue weighted by Gasteiger charge is 2.24. The molecule has 3 aromatic rings. The second-order valence-corrected chi connectivity index (χ2v) is 9.87. The second-order valence-electron chi connectivity index (χ2n) is 5.88. The van der Waals surface area contributed by atoms with E-state index in [1.165, 1.54) is 31.5 Å². The zero-order chi connectivity index (χ0) is 21.0. The number of amides is 2. The maximum absolute atomic E-state index is 12.5. The van der Waals surface area contributed by atoms with Crippen LogP contribution in [-0.4, -0.2) is 38.1 Å². The molecule has 0 atom stereocenters. The number of hydrogen-bond acceptors (Lipinski definition) is 6. The van der Waals surface area contributed by atoms with Gasteiger partial charge in [0.25, 0.3) is 15.9 Å². The minimum Gasteiger partial charge on any atom is -0.459 e. The number of carbonyl (C=O) groups excluding carboxylic acids is 2. The van der Waals surface area contributed by atoms with Gasteiger partial charge in [0, 0.05) is 18.4 Å². The molecule has 0 bridgehead atoms. The Morgan fingerprint density at radius 3 is 2.45 bits per heavy atom. The first-order valence-corrected chi connectivity index (χ1v) is 10.9. The van der Waals surface area contributed by atoms with E-state index in [-0.39, 0.29) is 16.5 Å². The first-order chi connectivity index (χ1) is 13.8. The first-order valence-electron chi connectivity index (χ1n) is 8.22. The summed E-state index contributed by atoms with van der Waals surface area (Å²) in [6.07, 6.45) is 1.39. The van der Waals surface area contributed by atoms with Crippen molar-refractivity contribution in [3.63, 3.8) is 0 Å². The lowest BCUT2D eigenvalue weighted by Crippen LogP contribution is -2.34. The summed E-state index contributed by atoms with van der Waals surface area (Å²) in [4.78, 5) is 24.3. The summed E-state index contributed by atoms with van der Waals surface area (Å²) >= 11 is 6.70. The molecule has 2 amide bonds. The van der Waals surface area contributed by atoms with E-state index in [9.17, 15) is 18.0 Å². The van der Waals surface area contributed by atoms with Crippen LogP contribution in [0.1, 0.15) is 10.6 Å². The SMILES string of the molecule is CN(CC(=O)Nc1cccc(NC(=O)c2ccco2)c1)S(=O)(=O)c1ccc(Cl)s1. The molecule has 29 heavy (non-hydrogen) atoms. The van der Waals surface area contributed by atoms with E-state index in [4.69, 9.17) is 16.0 Å². The number of nitrogens with zero attached hydrogens (tertiary/aromatic N) is 1. The number of carbonyl (C=O) groups is 2. The molecule has 0 spiro atoms. The molecule has 3 rings (SSSR count). The summed E-state index contributed by atoms with van der Waals surface area (Å²) in [6, 6.07) is 12.4. The van der Waals surface area contributed by atoms with Crippen LogP contribution in [0.15, 0.2) is 63.4 Å². The summed E-state index contributed by atoms with van der Waals surface area (Å²) in [5.74, 6) is -0.813. The number of furan rings is 1. The molecule has 0 aliphatic heterocycles. The fraction of sp³-hybridized carbons (Fsp3) is 0.111. The van der Waals surface area contributed by atoms with Gasteiger partial charge in [0.1, 0.15) is 4.21 Å². The van der Waals surface area contributed by atoms with Crippen molar-refractivity contribution in [3.8, 4) is 0 Å². The molecule has 0 saturated heterocycles. The van der Waals surface area contributed by atoms with Gasteiger partial charge in [0.05, 0.1) is 17.1 Å². The van der Waals surface area contributed by atoms with Gasteiger partial charge in [-0.05, 0) is 42.5 Å². The third-order valence-corrected chi connectivity index (χ3v) is 7.23. The van der Waals surface area contributed by atoms with Gasteiger partial charge in [-0.3, -0.25) is 9.59 Å². The monoisotopic (exact) mass is 453 g/mol. The number of nitrogens with one attached hydrogen (secondary N) is 2. The van der Waals surface area contributed by atoms with Crippen molar-refractivity contribution in [2.75, 3.05) is 24.2 Å². The molecule has 2 aromatic heterocycles.